The molecule has 0 N–H and O–H groups in total. The molecule has 0 radical (unpaired) electrons. The summed E-state index contributed by atoms with van der Waals surface area (Å²) in [6.07, 6.45) is 0. The van der Waals surface area contributed by atoms with Crippen molar-refractivity contribution in [2.45, 2.75) is 0 Å². The van der Waals surface area contributed by atoms with Gasteiger partial charge < -0.3 is 18.1 Å². The summed E-state index contributed by atoms with van der Waals surface area (Å²) in [6, 6.07) is 81.5. The fourth-order valence-corrected chi connectivity index (χ4v) is 11.0. The highest BCUT2D eigenvalue weighted by Crippen LogP contribution is 2.43. The summed E-state index contributed by atoms with van der Waals surface area (Å²) in [7, 11) is 0. The van der Waals surface area contributed by atoms with Gasteiger partial charge in [-0.25, -0.2) is 15.0 Å². The van der Waals surface area contributed by atoms with E-state index < -0.39 is 0 Å². The number of fused-ring (bicyclic) bond motifs is 12. The molecule has 0 bridgehead atoms. The zero-order valence-corrected chi connectivity index (χ0v) is 37.5. The van der Waals surface area contributed by atoms with Gasteiger partial charge in [0.2, 0.25) is 0 Å². The Balaban J connectivity index is 0.989. The van der Waals surface area contributed by atoms with E-state index in [4.69, 9.17) is 19.4 Å². The molecule has 5 aromatic heterocycles. The molecule has 7 nitrogen and oxygen atoms in total. The van der Waals surface area contributed by atoms with E-state index in [1.54, 1.807) is 0 Å². The summed E-state index contributed by atoms with van der Waals surface area (Å²) in [6.45, 7) is 0. The smallest absolute Gasteiger partial charge is 0.167 e. The molecule has 0 saturated carbocycles. The first-order valence-corrected chi connectivity index (χ1v) is 23.6. The average molecular weight is 895 g/mol. The maximum atomic E-state index is 7.21. The van der Waals surface area contributed by atoms with Crippen LogP contribution in [0.5, 0.6) is 0 Å². The highest BCUT2D eigenvalue weighted by molar-refractivity contribution is 6.16. The molecule has 15 aromatic rings. The number of rotatable bonds is 6. The highest BCUT2D eigenvalue weighted by Gasteiger charge is 2.23. The van der Waals surface area contributed by atoms with Crippen molar-refractivity contribution in [2.24, 2.45) is 0 Å². The maximum absolute atomic E-state index is 7.21. The first-order valence-electron chi connectivity index (χ1n) is 23.6. The van der Waals surface area contributed by atoms with E-state index in [0.717, 1.165) is 77.5 Å². The normalized spacial score (nSPS) is 12.0. The molecule has 7 heteroatoms. The van der Waals surface area contributed by atoms with Gasteiger partial charge in [0.1, 0.15) is 5.58 Å². The molecule has 0 saturated heterocycles. The number of nitrogens with zero attached hydrogens (tertiary/aromatic N) is 6. The monoisotopic (exact) mass is 894 g/mol. The minimum Gasteiger partial charge on any atom is -0.453 e. The van der Waals surface area contributed by atoms with Crippen molar-refractivity contribution in [3.8, 4) is 51.2 Å². The first-order chi connectivity index (χ1) is 34.7. The molecule has 326 valence electrons. The van der Waals surface area contributed by atoms with Crippen LogP contribution >= 0.6 is 0 Å². The van der Waals surface area contributed by atoms with Crippen molar-refractivity contribution in [1.82, 2.24) is 28.7 Å². The first kappa shape index (κ1) is 38.5. The quantitative estimate of drug-likeness (QED) is 0.167. The van der Waals surface area contributed by atoms with Gasteiger partial charge in [0.05, 0.1) is 44.4 Å². The van der Waals surface area contributed by atoms with Crippen molar-refractivity contribution < 1.29 is 4.42 Å². The van der Waals surface area contributed by atoms with Crippen molar-refractivity contribution in [2.75, 3.05) is 0 Å². The van der Waals surface area contributed by atoms with Gasteiger partial charge in [0.25, 0.3) is 0 Å². The van der Waals surface area contributed by atoms with E-state index in [9.17, 15) is 0 Å². The van der Waals surface area contributed by atoms with Crippen LogP contribution in [-0.2, 0) is 0 Å². The number of furan rings is 1. The van der Waals surface area contributed by atoms with Gasteiger partial charge in [-0.1, -0.05) is 158 Å². The number of hydrogen-bond acceptors (Lipinski definition) is 4. The molecule has 15 rings (SSSR count). The van der Waals surface area contributed by atoms with E-state index in [2.05, 4.69) is 184 Å². The second-order valence-corrected chi connectivity index (χ2v) is 18.0. The van der Waals surface area contributed by atoms with Gasteiger partial charge in [-0.05, 0) is 72.8 Å². The van der Waals surface area contributed by atoms with Crippen molar-refractivity contribution in [3.05, 3.63) is 231 Å². The standard InChI is InChI=1S/C63H38N6O/c1-3-17-39(18-4-1)61-64-62(40-19-5-2-6-20-40)66-63(65-61)49-27-15-25-47-48-26-16-32-58(60(48)70-59(47)49)69-56-35-33-41(67-52-28-11-7-21-43(52)44-22-8-12-29-53(44)67)37-50(56)51-38-42(34-36-57(51)69)68-54-30-13-9-23-45(54)46-24-10-14-31-55(46)68/h1-38H. The average Bonchev–Trinajstić information content (AvgIpc) is 4.17. The highest BCUT2D eigenvalue weighted by atomic mass is 16.3. The van der Waals surface area contributed by atoms with Crippen LogP contribution in [0.15, 0.2) is 235 Å². The molecular formula is C63H38N6O. The lowest BCUT2D eigenvalue weighted by Gasteiger charge is -2.11. The van der Waals surface area contributed by atoms with E-state index in [0.29, 0.717) is 17.5 Å². The van der Waals surface area contributed by atoms with Crippen LogP contribution in [0, 0.1) is 0 Å². The van der Waals surface area contributed by atoms with Crippen LogP contribution in [-0.4, -0.2) is 28.7 Å². The van der Waals surface area contributed by atoms with E-state index in [-0.39, 0.29) is 0 Å². The van der Waals surface area contributed by atoms with Gasteiger partial charge in [0, 0.05) is 65.6 Å². The van der Waals surface area contributed by atoms with Crippen LogP contribution in [0.2, 0.25) is 0 Å². The Morgan fingerprint density at radius 1 is 0.271 bits per heavy atom. The summed E-state index contributed by atoms with van der Waals surface area (Å²) < 4.78 is 14.4. The summed E-state index contributed by atoms with van der Waals surface area (Å²) in [5.41, 5.74) is 14.1. The van der Waals surface area contributed by atoms with Crippen molar-refractivity contribution in [3.63, 3.8) is 0 Å². The lowest BCUT2D eigenvalue weighted by Crippen LogP contribution is -2.00. The van der Waals surface area contributed by atoms with Crippen LogP contribution in [0.4, 0.5) is 0 Å². The number of hydrogen-bond donors (Lipinski definition) is 0. The zero-order chi connectivity index (χ0) is 45.9. The third kappa shape index (κ3) is 5.66. The lowest BCUT2D eigenvalue weighted by molar-refractivity contribution is 0.667. The van der Waals surface area contributed by atoms with Gasteiger partial charge in [0.15, 0.2) is 23.1 Å². The molecule has 0 aliphatic carbocycles. The van der Waals surface area contributed by atoms with E-state index in [1.165, 1.54) is 43.6 Å². The molecule has 0 amide bonds. The molecular weight excluding hydrogens is 857 g/mol. The van der Waals surface area contributed by atoms with Crippen molar-refractivity contribution in [1.29, 1.82) is 0 Å². The molecule has 0 spiro atoms. The predicted octanol–water partition coefficient (Wildman–Crippen LogP) is 16.1. The molecule has 0 aliphatic rings. The molecule has 0 fully saturated rings. The summed E-state index contributed by atoms with van der Waals surface area (Å²) in [5, 5.41) is 9.19. The molecule has 70 heavy (non-hydrogen) atoms. The molecule has 10 aromatic carbocycles. The second-order valence-electron chi connectivity index (χ2n) is 18.0. The number of benzene rings is 10. The second kappa shape index (κ2) is 15.0. The molecule has 0 atom stereocenters. The minimum atomic E-state index is 0.547. The van der Waals surface area contributed by atoms with Gasteiger partial charge in [-0.2, -0.15) is 0 Å². The lowest BCUT2D eigenvalue weighted by atomic mass is 10.1. The maximum Gasteiger partial charge on any atom is 0.167 e. The van der Waals surface area contributed by atoms with E-state index in [1.807, 2.05) is 60.7 Å². The van der Waals surface area contributed by atoms with Crippen LogP contribution < -0.4 is 0 Å². The molecule has 0 aliphatic heterocycles. The van der Waals surface area contributed by atoms with Gasteiger partial charge >= 0.3 is 0 Å². The minimum absolute atomic E-state index is 0.547. The third-order valence-electron chi connectivity index (χ3n) is 14.1. The fourth-order valence-electron chi connectivity index (χ4n) is 11.0. The van der Waals surface area contributed by atoms with Crippen LogP contribution in [0.25, 0.3) is 139 Å². The Morgan fingerprint density at radius 2 is 0.657 bits per heavy atom. The largest absolute Gasteiger partial charge is 0.453 e. The van der Waals surface area contributed by atoms with Crippen LogP contribution in [0.3, 0.4) is 0 Å². The summed E-state index contributed by atoms with van der Waals surface area (Å²) in [4.78, 5) is 15.2. The fraction of sp³-hybridized carbons (Fsp3) is 0. The van der Waals surface area contributed by atoms with E-state index >= 15 is 0 Å². The number of aromatic nitrogens is 6. The Hall–Kier alpha value is -9.59. The third-order valence-corrected chi connectivity index (χ3v) is 14.1. The Labute approximate surface area is 400 Å². The predicted molar refractivity (Wildman–Crippen MR) is 286 cm³/mol. The summed E-state index contributed by atoms with van der Waals surface area (Å²) in [5.74, 6) is 1.75. The Morgan fingerprint density at radius 3 is 1.14 bits per heavy atom. The Kier molecular flexibility index (Phi) is 8.23. The molecule has 0 unspecified atom stereocenters. The number of para-hydroxylation sites is 6. The Bertz CT molecular complexity index is 4260. The topological polar surface area (TPSA) is 66.6 Å². The van der Waals surface area contributed by atoms with Gasteiger partial charge in [-0.3, -0.25) is 0 Å². The SMILES string of the molecule is c1ccc(-c2nc(-c3ccccc3)nc(-c3cccc4c3oc3c(-n5c6ccc(-n7c8ccccc8c8ccccc87)cc6c6cc(-n7c8ccccc8c8ccccc87)ccc65)cccc34)n2)cc1. The zero-order valence-electron chi connectivity index (χ0n) is 37.5. The molecule has 5 heterocycles. The van der Waals surface area contributed by atoms with Gasteiger partial charge in [-0.15, -0.1) is 0 Å². The van der Waals surface area contributed by atoms with Crippen molar-refractivity contribution >= 4 is 87.4 Å². The summed E-state index contributed by atoms with van der Waals surface area (Å²) >= 11 is 0. The van der Waals surface area contributed by atoms with Crippen LogP contribution in [0.1, 0.15) is 0 Å².